The van der Waals surface area contributed by atoms with Gasteiger partial charge in [-0.1, -0.05) is 0 Å². The van der Waals surface area contributed by atoms with Gasteiger partial charge >= 0.3 is 0 Å². The van der Waals surface area contributed by atoms with Gasteiger partial charge in [0.05, 0.1) is 19.9 Å². The number of carbonyl (C=O) groups is 1. The Balaban J connectivity index is 2.30. The average Bonchev–Trinajstić information content (AvgIpc) is 2.71. The van der Waals surface area contributed by atoms with E-state index in [9.17, 15) is 13.2 Å². The van der Waals surface area contributed by atoms with E-state index in [1.54, 1.807) is 63.5 Å². The highest BCUT2D eigenvalue weighted by atomic mass is 32.2. The second-order valence-corrected chi connectivity index (χ2v) is 8.85. The van der Waals surface area contributed by atoms with E-state index in [1.807, 2.05) is 0 Å². The highest BCUT2D eigenvalue weighted by molar-refractivity contribution is 7.89. The lowest BCUT2D eigenvalue weighted by Gasteiger charge is -2.21. The summed E-state index contributed by atoms with van der Waals surface area (Å²) in [6, 6.07) is 9.93. The number of hydrogen-bond donors (Lipinski definition) is 1. The molecule has 0 saturated heterocycles. The third-order valence-electron chi connectivity index (χ3n) is 4.40. The molecule has 0 radical (unpaired) electrons. The van der Waals surface area contributed by atoms with Crippen molar-refractivity contribution in [2.45, 2.75) is 11.4 Å². The van der Waals surface area contributed by atoms with Crippen molar-refractivity contribution in [3.8, 4) is 11.5 Å². The monoisotopic (exact) mass is 421 g/mol. The zero-order chi connectivity index (χ0) is 21.8. The fourth-order valence-electron chi connectivity index (χ4n) is 2.70. The number of rotatable bonds is 8. The van der Waals surface area contributed by atoms with E-state index in [0.29, 0.717) is 17.2 Å². The van der Waals surface area contributed by atoms with Crippen LogP contribution in [-0.4, -0.2) is 61.0 Å². The molecule has 0 saturated carbocycles. The quantitative estimate of drug-likeness (QED) is 0.701. The van der Waals surface area contributed by atoms with Crippen LogP contribution in [0.15, 0.2) is 41.3 Å². The molecule has 8 nitrogen and oxygen atoms in total. The molecule has 0 atom stereocenters. The van der Waals surface area contributed by atoms with E-state index in [-0.39, 0.29) is 22.9 Å². The van der Waals surface area contributed by atoms with Crippen molar-refractivity contribution in [2.75, 3.05) is 47.3 Å². The van der Waals surface area contributed by atoms with E-state index in [0.717, 1.165) is 9.87 Å². The van der Waals surface area contributed by atoms with E-state index in [4.69, 9.17) is 9.47 Å². The summed E-state index contributed by atoms with van der Waals surface area (Å²) in [5.41, 5.74) is 1.53. The minimum atomic E-state index is -3.72. The van der Waals surface area contributed by atoms with Crippen molar-refractivity contribution in [3.63, 3.8) is 0 Å². The van der Waals surface area contributed by atoms with Crippen LogP contribution in [0.3, 0.4) is 0 Å². The molecule has 0 heterocycles. The molecule has 9 heteroatoms. The molecular formula is C20H27N3O5S. The van der Waals surface area contributed by atoms with Crippen LogP contribution in [0.4, 0.5) is 5.69 Å². The lowest BCUT2D eigenvalue weighted by Crippen LogP contribution is -2.27. The second-order valence-electron chi connectivity index (χ2n) is 6.72. The molecule has 29 heavy (non-hydrogen) atoms. The standard InChI is InChI=1S/C20H27N3O5S/c1-22(2)17-10-8-14(11-19(17)29(25,26)23(3)4)20(24)21-13-15-7-9-16(27-5)12-18(15)28-6/h7-12H,13H2,1-6H3,(H,21,24). The maximum Gasteiger partial charge on any atom is 0.251 e. The molecule has 1 N–H and O–H groups in total. The van der Waals surface area contributed by atoms with Crippen LogP contribution < -0.4 is 19.7 Å². The molecule has 0 aliphatic carbocycles. The first-order valence-electron chi connectivity index (χ1n) is 8.84. The van der Waals surface area contributed by atoms with Crippen LogP contribution in [0.2, 0.25) is 0 Å². The van der Waals surface area contributed by atoms with Crippen LogP contribution in [-0.2, 0) is 16.6 Å². The van der Waals surface area contributed by atoms with Crippen molar-refractivity contribution in [1.82, 2.24) is 9.62 Å². The van der Waals surface area contributed by atoms with Gasteiger partial charge in [-0.25, -0.2) is 12.7 Å². The smallest absolute Gasteiger partial charge is 0.251 e. The van der Waals surface area contributed by atoms with Gasteiger partial charge in [0, 0.05) is 51.9 Å². The minimum Gasteiger partial charge on any atom is -0.497 e. The molecule has 158 valence electrons. The molecule has 2 rings (SSSR count). The summed E-state index contributed by atoms with van der Waals surface area (Å²) in [4.78, 5) is 14.4. The number of nitrogens with one attached hydrogen (secondary N) is 1. The molecule has 0 aliphatic heterocycles. The number of anilines is 1. The maximum atomic E-state index is 12.7. The Morgan fingerprint density at radius 3 is 2.24 bits per heavy atom. The molecule has 0 unspecified atom stereocenters. The molecule has 2 aromatic carbocycles. The van der Waals surface area contributed by atoms with Crippen molar-refractivity contribution < 1.29 is 22.7 Å². The minimum absolute atomic E-state index is 0.0715. The van der Waals surface area contributed by atoms with Crippen LogP contribution in [0, 0.1) is 0 Å². The van der Waals surface area contributed by atoms with Crippen LogP contribution in [0.5, 0.6) is 11.5 Å². The van der Waals surface area contributed by atoms with Crippen molar-refractivity contribution in [3.05, 3.63) is 47.5 Å². The Bertz CT molecular complexity index is 988. The van der Waals surface area contributed by atoms with Gasteiger partial charge in [0.15, 0.2) is 0 Å². The largest absolute Gasteiger partial charge is 0.497 e. The van der Waals surface area contributed by atoms with Gasteiger partial charge in [0.1, 0.15) is 16.4 Å². The number of benzene rings is 2. The van der Waals surface area contributed by atoms with Crippen LogP contribution in [0.25, 0.3) is 0 Å². The summed E-state index contributed by atoms with van der Waals surface area (Å²) in [5, 5.41) is 2.80. The first-order chi connectivity index (χ1) is 13.6. The second kappa shape index (κ2) is 9.15. The summed E-state index contributed by atoms with van der Waals surface area (Å²) < 4.78 is 37.0. The number of carbonyl (C=O) groups excluding carboxylic acids is 1. The maximum absolute atomic E-state index is 12.7. The van der Waals surface area contributed by atoms with Gasteiger partial charge in [-0.05, 0) is 30.3 Å². The zero-order valence-electron chi connectivity index (χ0n) is 17.5. The lowest BCUT2D eigenvalue weighted by atomic mass is 10.1. The van der Waals surface area contributed by atoms with Gasteiger partial charge in [-0.3, -0.25) is 4.79 Å². The Labute approximate surface area is 172 Å². The van der Waals surface area contributed by atoms with Crippen molar-refractivity contribution in [1.29, 1.82) is 0 Å². The normalized spacial score (nSPS) is 11.3. The highest BCUT2D eigenvalue weighted by Gasteiger charge is 2.24. The average molecular weight is 422 g/mol. The molecular weight excluding hydrogens is 394 g/mol. The Hall–Kier alpha value is -2.78. The van der Waals surface area contributed by atoms with Crippen LogP contribution >= 0.6 is 0 Å². The number of hydrogen-bond acceptors (Lipinski definition) is 6. The number of nitrogens with zero attached hydrogens (tertiary/aromatic N) is 2. The van der Waals surface area contributed by atoms with Gasteiger partial charge < -0.3 is 19.7 Å². The third kappa shape index (κ3) is 4.99. The topological polar surface area (TPSA) is 88.2 Å². The molecule has 2 aromatic rings. The number of methoxy groups -OCH3 is 2. The highest BCUT2D eigenvalue weighted by Crippen LogP contribution is 2.28. The SMILES string of the molecule is COc1ccc(CNC(=O)c2ccc(N(C)C)c(S(=O)(=O)N(C)C)c2)c(OC)c1. The number of sulfonamides is 1. The summed E-state index contributed by atoms with van der Waals surface area (Å²) in [6.45, 7) is 0.219. The molecule has 0 bridgehead atoms. The lowest BCUT2D eigenvalue weighted by molar-refractivity contribution is 0.0950. The third-order valence-corrected chi connectivity index (χ3v) is 6.24. The first-order valence-corrected chi connectivity index (χ1v) is 10.3. The fraction of sp³-hybridized carbons (Fsp3) is 0.350. The molecule has 1 amide bonds. The predicted molar refractivity (Wildman–Crippen MR) is 112 cm³/mol. The Morgan fingerprint density at radius 2 is 1.69 bits per heavy atom. The molecule has 0 fully saturated rings. The van der Waals surface area contributed by atoms with E-state index in [1.165, 1.54) is 20.2 Å². The molecule has 0 spiro atoms. The van der Waals surface area contributed by atoms with Gasteiger partial charge in [-0.2, -0.15) is 0 Å². The van der Waals surface area contributed by atoms with Crippen molar-refractivity contribution >= 4 is 21.6 Å². The predicted octanol–water partition coefficient (Wildman–Crippen LogP) is 1.95. The number of ether oxygens (including phenoxy) is 2. The molecule has 0 aromatic heterocycles. The summed E-state index contributed by atoms with van der Waals surface area (Å²) in [7, 11) is 5.80. The zero-order valence-corrected chi connectivity index (χ0v) is 18.3. The number of amides is 1. The van der Waals surface area contributed by atoms with Crippen LogP contribution in [0.1, 0.15) is 15.9 Å². The van der Waals surface area contributed by atoms with Crippen molar-refractivity contribution in [2.24, 2.45) is 0 Å². The summed E-state index contributed by atoms with van der Waals surface area (Å²) >= 11 is 0. The Morgan fingerprint density at radius 1 is 1.00 bits per heavy atom. The summed E-state index contributed by atoms with van der Waals surface area (Å²) in [5.74, 6) is 0.849. The summed E-state index contributed by atoms with van der Waals surface area (Å²) in [6.07, 6.45) is 0. The van der Waals surface area contributed by atoms with Gasteiger partial charge in [-0.15, -0.1) is 0 Å². The fourth-order valence-corrected chi connectivity index (χ4v) is 3.89. The van der Waals surface area contributed by atoms with Gasteiger partial charge in [0.25, 0.3) is 5.91 Å². The van der Waals surface area contributed by atoms with E-state index in [2.05, 4.69) is 5.32 Å². The van der Waals surface area contributed by atoms with E-state index >= 15 is 0 Å². The molecule has 0 aliphatic rings. The Kier molecular flexibility index (Phi) is 7.10. The van der Waals surface area contributed by atoms with E-state index < -0.39 is 10.0 Å². The van der Waals surface area contributed by atoms with Gasteiger partial charge in [0.2, 0.25) is 10.0 Å². The first kappa shape index (κ1) is 22.5.